The van der Waals surface area contributed by atoms with Crippen LogP contribution in [0.3, 0.4) is 0 Å². The van der Waals surface area contributed by atoms with E-state index in [1.54, 1.807) is 36.4 Å². The zero-order valence-corrected chi connectivity index (χ0v) is 28.1. The number of carbonyl (C=O) groups is 2. The van der Waals surface area contributed by atoms with E-state index in [0.717, 1.165) is 31.5 Å². The van der Waals surface area contributed by atoms with Gasteiger partial charge in [0.15, 0.2) is 0 Å². The van der Waals surface area contributed by atoms with Gasteiger partial charge in [-0.25, -0.2) is 8.42 Å². The Balaban J connectivity index is 1.80. The van der Waals surface area contributed by atoms with Crippen LogP contribution < -0.4 is 9.62 Å². The minimum Gasteiger partial charge on any atom is -0.352 e. The Kier molecular flexibility index (Phi) is 11.5. The normalized spacial score (nSPS) is 12.0. The number of thioether (sulfide) groups is 1. The lowest BCUT2D eigenvalue weighted by Gasteiger charge is -2.34. The van der Waals surface area contributed by atoms with Gasteiger partial charge in [0.1, 0.15) is 12.6 Å². The molecular formula is C36H41N3O4S2. The van der Waals surface area contributed by atoms with Crippen LogP contribution in [-0.2, 0) is 32.6 Å². The van der Waals surface area contributed by atoms with E-state index in [1.807, 2.05) is 101 Å². The van der Waals surface area contributed by atoms with Crippen LogP contribution in [0.5, 0.6) is 0 Å². The number of carbonyl (C=O) groups excluding carboxylic acids is 2. The molecule has 0 aliphatic rings. The molecular weight excluding hydrogens is 603 g/mol. The average molecular weight is 644 g/mol. The van der Waals surface area contributed by atoms with E-state index in [-0.39, 0.29) is 29.8 Å². The second-order valence-corrected chi connectivity index (χ2v) is 14.1. The van der Waals surface area contributed by atoms with Crippen LogP contribution >= 0.6 is 11.8 Å². The molecule has 0 bridgehead atoms. The molecule has 0 radical (unpaired) electrons. The van der Waals surface area contributed by atoms with E-state index in [9.17, 15) is 18.0 Å². The summed E-state index contributed by atoms with van der Waals surface area (Å²) in [6.45, 7) is 7.28. The number of sulfonamides is 1. The largest absolute Gasteiger partial charge is 0.352 e. The first-order valence-electron chi connectivity index (χ1n) is 14.9. The van der Waals surface area contributed by atoms with Gasteiger partial charge in [0.2, 0.25) is 11.8 Å². The fourth-order valence-electron chi connectivity index (χ4n) is 5.06. The van der Waals surface area contributed by atoms with Gasteiger partial charge in [-0.3, -0.25) is 13.9 Å². The summed E-state index contributed by atoms with van der Waals surface area (Å²) >= 11 is 1.51. The lowest BCUT2D eigenvalue weighted by molar-refractivity contribution is -0.140. The third-order valence-electron chi connectivity index (χ3n) is 7.39. The molecule has 4 aromatic rings. The zero-order chi connectivity index (χ0) is 32.6. The second-order valence-electron chi connectivity index (χ2n) is 11.4. The summed E-state index contributed by atoms with van der Waals surface area (Å²) in [5.41, 5.74) is 4.07. The molecule has 1 N–H and O–H groups in total. The summed E-state index contributed by atoms with van der Waals surface area (Å²) in [4.78, 5) is 30.8. The van der Waals surface area contributed by atoms with Crippen LogP contribution in [0.4, 0.5) is 5.69 Å². The first kappa shape index (κ1) is 33.8. The number of benzene rings is 4. The van der Waals surface area contributed by atoms with E-state index >= 15 is 0 Å². The molecule has 0 aromatic heterocycles. The third-order valence-corrected chi connectivity index (χ3v) is 9.92. The standard InChI is InChI=1S/C36H41N3O4S2/c1-26(2)37-36(41)34(23-29-11-7-6-8-12-29)38(24-30-13-9-10-28(4)22-30)35(40)25-39(31-16-14-27(3)15-17-31)45(42,43)33-20-18-32(44-5)19-21-33/h6-22,26,34H,23-25H2,1-5H3,(H,37,41)/t34-/m0/s1. The van der Waals surface area contributed by atoms with Crippen LogP contribution in [-0.4, -0.2) is 50.0 Å². The molecule has 4 rings (SSSR count). The van der Waals surface area contributed by atoms with Crippen molar-refractivity contribution in [2.24, 2.45) is 0 Å². The molecule has 9 heteroatoms. The van der Waals surface area contributed by atoms with E-state index in [0.29, 0.717) is 5.69 Å². The van der Waals surface area contributed by atoms with Gasteiger partial charge in [-0.1, -0.05) is 77.9 Å². The van der Waals surface area contributed by atoms with Crippen LogP contribution in [0.2, 0.25) is 0 Å². The monoisotopic (exact) mass is 643 g/mol. The van der Waals surface area contributed by atoms with Crippen molar-refractivity contribution < 1.29 is 18.0 Å². The quantitative estimate of drug-likeness (QED) is 0.171. The number of hydrogen-bond acceptors (Lipinski definition) is 5. The van der Waals surface area contributed by atoms with Crippen molar-refractivity contribution >= 4 is 39.3 Å². The Hall–Kier alpha value is -4.08. The van der Waals surface area contributed by atoms with E-state index in [1.165, 1.54) is 16.7 Å². The number of aryl methyl sites for hydroxylation is 2. The average Bonchev–Trinajstić information content (AvgIpc) is 3.02. The topological polar surface area (TPSA) is 86.8 Å². The van der Waals surface area contributed by atoms with Crippen molar-refractivity contribution in [2.45, 2.75) is 62.5 Å². The number of hydrogen-bond donors (Lipinski definition) is 1. The van der Waals surface area contributed by atoms with E-state index in [4.69, 9.17) is 0 Å². The Morgan fingerprint density at radius 1 is 0.800 bits per heavy atom. The predicted molar refractivity (Wildman–Crippen MR) is 183 cm³/mol. The van der Waals surface area contributed by atoms with Gasteiger partial charge in [0.05, 0.1) is 10.6 Å². The highest BCUT2D eigenvalue weighted by Crippen LogP contribution is 2.27. The molecule has 0 spiro atoms. The Labute approximate surface area is 271 Å². The van der Waals surface area contributed by atoms with Crippen LogP contribution in [0.25, 0.3) is 0 Å². The summed E-state index contributed by atoms with van der Waals surface area (Å²) in [6, 6.07) is 29.9. The van der Waals surface area contributed by atoms with E-state index < -0.39 is 28.5 Å². The van der Waals surface area contributed by atoms with Gasteiger partial charge in [0.25, 0.3) is 10.0 Å². The maximum Gasteiger partial charge on any atom is 0.264 e. The van der Waals surface area contributed by atoms with Crippen LogP contribution in [0.15, 0.2) is 113 Å². The van der Waals surface area contributed by atoms with Crippen molar-refractivity contribution in [3.63, 3.8) is 0 Å². The minimum absolute atomic E-state index is 0.0808. The number of amides is 2. The van der Waals surface area contributed by atoms with E-state index in [2.05, 4.69) is 5.32 Å². The smallest absolute Gasteiger partial charge is 0.264 e. The molecule has 2 amide bonds. The number of nitrogens with one attached hydrogen (secondary N) is 1. The number of nitrogens with zero attached hydrogens (tertiary/aromatic N) is 2. The molecule has 0 fully saturated rings. The number of rotatable bonds is 13. The second kappa shape index (κ2) is 15.3. The minimum atomic E-state index is -4.15. The number of anilines is 1. The lowest BCUT2D eigenvalue weighted by Crippen LogP contribution is -2.54. The predicted octanol–water partition coefficient (Wildman–Crippen LogP) is 6.39. The third kappa shape index (κ3) is 8.99. The zero-order valence-electron chi connectivity index (χ0n) is 26.4. The van der Waals surface area contributed by atoms with Crippen LogP contribution in [0, 0.1) is 13.8 Å². The van der Waals surface area contributed by atoms with Crippen LogP contribution in [0.1, 0.15) is 36.1 Å². The fraction of sp³-hybridized carbons (Fsp3) is 0.278. The highest BCUT2D eigenvalue weighted by Gasteiger charge is 2.34. The van der Waals surface area contributed by atoms with Crippen molar-refractivity contribution in [1.29, 1.82) is 0 Å². The molecule has 0 saturated heterocycles. The van der Waals surface area contributed by atoms with Crippen molar-refractivity contribution in [3.05, 3.63) is 125 Å². The Bertz CT molecular complexity index is 1690. The van der Waals surface area contributed by atoms with Gasteiger partial charge >= 0.3 is 0 Å². The van der Waals surface area contributed by atoms with Gasteiger partial charge in [-0.2, -0.15) is 0 Å². The molecule has 0 unspecified atom stereocenters. The SMILES string of the molecule is CSc1ccc(S(=O)(=O)N(CC(=O)N(Cc2cccc(C)c2)[C@@H](Cc2ccccc2)C(=O)NC(C)C)c2ccc(C)cc2)cc1. The molecule has 45 heavy (non-hydrogen) atoms. The molecule has 236 valence electrons. The van der Waals surface area contributed by atoms with Crippen molar-refractivity contribution in [1.82, 2.24) is 10.2 Å². The van der Waals surface area contributed by atoms with Gasteiger partial charge in [-0.15, -0.1) is 11.8 Å². The molecule has 1 atom stereocenters. The van der Waals surface area contributed by atoms with Crippen molar-refractivity contribution in [3.8, 4) is 0 Å². The van der Waals surface area contributed by atoms with Crippen molar-refractivity contribution in [2.75, 3.05) is 17.1 Å². The molecule has 0 heterocycles. The molecule has 0 saturated carbocycles. The maximum absolute atomic E-state index is 14.5. The first-order chi connectivity index (χ1) is 21.5. The maximum atomic E-state index is 14.5. The fourth-order valence-corrected chi connectivity index (χ4v) is 6.88. The summed E-state index contributed by atoms with van der Waals surface area (Å²) < 4.78 is 29.5. The molecule has 0 aliphatic carbocycles. The molecule has 4 aromatic carbocycles. The summed E-state index contributed by atoms with van der Waals surface area (Å²) in [5.74, 6) is -0.784. The summed E-state index contributed by atoms with van der Waals surface area (Å²) in [5, 5.41) is 2.99. The lowest BCUT2D eigenvalue weighted by atomic mass is 10.0. The Morgan fingerprint density at radius 2 is 1.44 bits per heavy atom. The van der Waals surface area contributed by atoms with Gasteiger partial charge in [0, 0.05) is 23.9 Å². The highest BCUT2D eigenvalue weighted by atomic mass is 32.2. The molecule has 7 nitrogen and oxygen atoms in total. The summed E-state index contributed by atoms with van der Waals surface area (Å²) in [6.07, 6.45) is 2.19. The summed E-state index contributed by atoms with van der Waals surface area (Å²) in [7, 11) is -4.15. The van der Waals surface area contributed by atoms with Gasteiger partial charge < -0.3 is 10.2 Å². The molecule has 0 aliphatic heterocycles. The van der Waals surface area contributed by atoms with Gasteiger partial charge in [-0.05, 0) is 81.5 Å². The highest BCUT2D eigenvalue weighted by molar-refractivity contribution is 7.98. The Morgan fingerprint density at radius 3 is 2.04 bits per heavy atom. The first-order valence-corrected chi connectivity index (χ1v) is 17.6.